The van der Waals surface area contributed by atoms with Crippen LogP contribution >= 0.6 is 0 Å². The molecule has 1 aromatic heterocycles. The molecule has 0 fully saturated rings. The molecule has 0 aliphatic rings. The van der Waals surface area contributed by atoms with Crippen molar-refractivity contribution in [2.45, 2.75) is 46.1 Å². The SMILES string of the molecule is CCCCC(C)NC(=O)c1n[nH]c(C)n1. The molecule has 1 amide bonds. The minimum atomic E-state index is -0.206. The van der Waals surface area contributed by atoms with Crippen molar-refractivity contribution in [1.29, 1.82) is 0 Å². The zero-order valence-electron chi connectivity index (χ0n) is 9.50. The number of carbonyl (C=O) groups is 1. The summed E-state index contributed by atoms with van der Waals surface area (Å²) < 4.78 is 0. The van der Waals surface area contributed by atoms with E-state index in [1.54, 1.807) is 6.92 Å². The fourth-order valence-corrected chi connectivity index (χ4v) is 1.32. The Balaban J connectivity index is 2.42. The number of hydrogen-bond acceptors (Lipinski definition) is 3. The number of nitrogens with zero attached hydrogens (tertiary/aromatic N) is 2. The second-order valence-electron chi connectivity index (χ2n) is 3.76. The van der Waals surface area contributed by atoms with Gasteiger partial charge in [-0.25, -0.2) is 4.98 Å². The average Bonchev–Trinajstić information content (AvgIpc) is 2.61. The molecule has 0 aliphatic carbocycles. The van der Waals surface area contributed by atoms with E-state index in [0.717, 1.165) is 19.3 Å². The van der Waals surface area contributed by atoms with Crippen LogP contribution in [0.5, 0.6) is 0 Å². The van der Waals surface area contributed by atoms with Crippen molar-refractivity contribution < 1.29 is 4.79 Å². The predicted molar refractivity (Wildman–Crippen MR) is 57.6 cm³/mol. The molecule has 0 saturated heterocycles. The van der Waals surface area contributed by atoms with E-state index in [4.69, 9.17) is 0 Å². The Morgan fingerprint density at radius 3 is 2.87 bits per heavy atom. The van der Waals surface area contributed by atoms with Crippen LogP contribution in [0.2, 0.25) is 0 Å². The number of rotatable bonds is 5. The van der Waals surface area contributed by atoms with Crippen LogP contribution in [0, 0.1) is 6.92 Å². The van der Waals surface area contributed by atoms with Crippen molar-refractivity contribution in [3.8, 4) is 0 Å². The highest BCUT2D eigenvalue weighted by Gasteiger charge is 2.13. The monoisotopic (exact) mass is 210 g/mol. The van der Waals surface area contributed by atoms with Gasteiger partial charge in [-0.3, -0.25) is 9.89 Å². The van der Waals surface area contributed by atoms with Gasteiger partial charge in [0.2, 0.25) is 5.82 Å². The molecule has 1 atom stereocenters. The standard InChI is InChI=1S/C10H18N4O/c1-4-5-6-7(2)11-10(15)9-12-8(3)13-14-9/h7H,4-6H2,1-3H3,(H,11,15)(H,12,13,14). The van der Waals surface area contributed by atoms with Gasteiger partial charge in [0.25, 0.3) is 5.91 Å². The van der Waals surface area contributed by atoms with E-state index < -0.39 is 0 Å². The molecule has 15 heavy (non-hydrogen) atoms. The normalized spacial score (nSPS) is 12.5. The lowest BCUT2D eigenvalue weighted by molar-refractivity contribution is 0.0928. The van der Waals surface area contributed by atoms with Crippen LogP contribution in [0.4, 0.5) is 0 Å². The van der Waals surface area contributed by atoms with E-state index >= 15 is 0 Å². The summed E-state index contributed by atoms with van der Waals surface area (Å²) in [7, 11) is 0. The van der Waals surface area contributed by atoms with E-state index in [9.17, 15) is 4.79 Å². The number of hydrogen-bond donors (Lipinski definition) is 2. The molecule has 1 rings (SSSR count). The van der Waals surface area contributed by atoms with Crippen molar-refractivity contribution in [3.05, 3.63) is 11.6 Å². The van der Waals surface area contributed by atoms with Gasteiger partial charge in [-0.1, -0.05) is 19.8 Å². The van der Waals surface area contributed by atoms with Crippen molar-refractivity contribution in [1.82, 2.24) is 20.5 Å². The second kappa shape index (κ2) is 5.48. The van der Waals surface area contributed by atoms with Gasteiger partial charge in [0.05, 0.1) is 0 Å². The minimum Gasteiger partial charge on any atom is -0.347 e. The largest absolute Gasteiger partial charge is 0.347 e. The van der Waals surface area contributed by atoms with Gasteiger partial charge in [0.15, 0.2) is 0 Å². The molecule has 84 valence electrons. The summed E-state index contributed by atoms with van der Waals surface area (Å²) in [5.74, 6) is 0.667. The van der Waals surface area contributed by atoms with Crippen molar-refractivity contribution in [2.75, 3.05) is 0 Å². The number of amides is 1. The molecular weight excluding hydrogens is 192 g/mol. The van der Waals surface area contributed by atoms with E-state index in [2.05, 4.69) is 27.4 Å². The molecule has 0 aliphatic heterocycles. The molecule has 1 heterocycles. The zero-order chi connectivity index (χ0) is 11.3. The molecule has 1 aromatic rings. The van der Waals surface area contributed by atoms with Crippen LogP contribution in [0.15, 0.2) is 0 Å². The zero-order valence-corrected chi connectivity index (χ0v) is 9.50. The predicted octanol–water partition coefficient (Wildman–Crippen LogP) is 1.42. The van der Waals surface area contributed by atoms with Crippen molar-refractivity contribution in [2.24, 2.45) is 0 Å². The third kappa shape index (κ3) is 3.69. The van der Waals surface area contributed by atoms with Crippen molar-refractivity contribution in [3.63, 3.8) is 0 Å². The van der Waals surface area contributed by atoms with Gasteiger partial charge >= 0.3 is 0 Å². The molecule has 1 unspecified atom stereocenters. The maximum atomic E-state index is 11.6. The molecular formula is C10H18N4O. The summed E-state index contributed by atoms with van der Waals surface area (Å²) in [6.07, 6.45) is 3.25. The second-order valence-corrected chi connectivity index (χ2v) is 3.76. The maximum absolute atomic E-state index is 11.6. The number of unbranched alkanes of at least 4 members (excludes halogenated alkanes) is 1. The number of nitrogens with one attached hydrogen (secondary N) is 2. The minimum absolute atomic E-state index is 0.177. The summed E-state index contributed by atoms with van der Waals surface area (Å²) in [5, 5.41) is 9.31. The molecule has 0 radical (unpaired) electrons. The van der Waals surface area contributed by atoms with E-state index in [-0.39, 0.29) is 17.8 Å². The Hall–Kier alpha value is -1.39. The third-order valence-corrected chi connectivity index (χ3v) is 2.17. The van der Waals surface area contributed by atoms with Gasteiger partial charge in [0, 0.05) is 6.04 Å². The molecule has 0 bridgehead atoms. The Labute approximate surface area is 89.7 Å². The highest BCUT2D eigenvalue weighted by molar-refractivity contribution is 5.90. The molecule has 0 aromatic carbocycles. The number of H-pyrrole nitrogens is 1. The van der Waals surface area contributed by atoms with Gasteiger partial charge in [-0.2, -0.15) is 0 Å². The third-order valence-electron chi connectivity index (χ3n) is 2.17. The van der Waals surface area contributed by atoms with Crippen LogP contribution < -0.4 is 5.32 Å². The summed E-state index contributed by atoms with van der Waals surface area (Å²) in [6.45, 7) is 5.89. The number of aromatic amines is 1. The number of carbonyl (C=O) groups excluding carboxylic acids is 1. The molecule has 5 nitrogen and oxygen atoms in total. The van der Waals surface area contributed by atoms with Gasteiger partial charge in [-0.05, 0) is 20.3 Å². The topological polar surface area (TPSA) is 70.7 Å². The Morgan fingerprint density at radius 1 is 1.60 bits per heavy atom. The Morgan fingerprint density at radius 2 is 2.33 bits per heavy atom. The summed E-state index contributed by atoms with van der Waals surface area (Å²) in [6, 6.07) is 0.177. The van der Waals surface area contributed by atoms with Crippen molar-refractivity contribution >= 4 is 5.91 Å². The van der Waals surface area contributed by atoms with E-state index in [0.29, 0.717) is 5.82 Å². The van der Waals surface area contributed by atoms with Crippen LogP contribution in [-0.2, 0) is 0 Å². The van der Waals surface area contributed by atoms with Crippen LogP contribution in [0.3, 0.4) is 0 Å². The Kier molecular flexibility index (Phi) is 4.27. The van der Waals surface area contributed by atoms with E-state index in [1.165, 1.54) is 0 Å². The smallest absolute Gasteiger partial charge is 0.291 e. The van der Waals surface area contributed by atoms with Crippen LogP contribution in [0.25, 0.3) is 0 Å². The highest BCUT2D eigenvalue weighted by atomic mass is 16.2. The Bertz CT molecular complexity index is 321. The lowest BCUT2D eigenvalue weighted by Gasteiger charge is -2.11. The highest BCUT2D eigenvalue weighted by Crippen LogP contribution is 2.00. The number of aryl methyl sites for hydroxylation is 1. The fourth-order valence-electron chi connectivity index (χ4n) is 1.32. The lowest BCUT2D eigenvalue weighted by atomic mass is 10.1. The molecule has 0 spiro atoms. The number of aromatic nitrogens is 3. The first-order valence-corrected chi connectivity index (χ1v) is 5.33. The molecule has 5 heteroatoms. The van der Waals surface area contributed by atoms with Gasteiger partial charge < -0.3 is 5.32 Å². The molecule has 0 saturated carbocycles. The first-order valence-electron chi connectivity index (χ1n) is 5.33. The first-order chi connectivity index (χ1) is 7.13. The maximum Gasteiger partial charge on any atom is 0.291 e. The molecule has 2 N–H and O–H groups in total. The van der Waals surface area contributed by atoms with E-state index in [1.807, 2.05) is 6.92 Å². The van der Waals surface area contributed by atoms with Gasteiger partial charge in [0.1, 0.15) is 5.82 Å². The van der Waals surface area contributed by atoms with Crippen LogP contribution in [-0.4, -0.2) is 27.1 Å². The van der Waals surface area contributed by atoms with Crippen LogP contribution in [0.1, 0.15) is 49.6 Å². The fraction of sp³-hybridized carbons (Fsp3) is 0.700. The average molecular weight is 210 g/mol. The quantitative estimate of drug-likeness (QED) is 0.772. The summed E-state index contributed by atoms with van der Waals surface area (Å²) in [5.41, 5.74) is 0. The van der Waals surface area contributed by atoms with Gasteiger partial charge in [-0.15, -0.1) is 5.10 Å². The lowest BCUT2D eigenvalue weighted by Crippen LogP contribution is -2.33. The first kappa shape index (κ1) is 11.7. The summed E-state index contributed by atoms with van der Waals surface area (Å²) in [4.78, 5) is 15.5. The summed E-state index contributed by atoms with van der Waals surface area (Å²) >= 11 is 0.